The van der Waals surface area contributed by atoms with Gasteiger partial charge in [0, 0.05) is 10.6 Å². The first-order chi connectivity index (χ1) is 13.2. The molecule has 1 aliphatic rings. The molecule has 142 valence electrons. The normalized spacial score (nSPS) is 16.6. The van der Waals surface area contributed by atoms with Crippen LogP contribution in [0.3, 0.4) is 0 Å². The fraction of sp³-hybridized carbons (Fsp3) is 0.455. The van der Waals surface area contributed by atoms with Gasteiger partial charge in [-0.2, -0.15) is 0 Å². The van der Waals surface area contributed by atoms with Gasteiger partial charge in [-0.1, -0.05) is 56.7 Å². The second kappa shape index (κ2) is 8.19. The molecule has 0 amide bonds. The van der Waals surface area contributed by atoms with Crippen LogP contribution >= 0.6 is 23.1 Å². The van der Waals surface area contributed by atoms with Crippen molar-refractivity contribution in [1.29, 1.82) is 0 Å². The molecule has 1 atom stereocenters. The number of rotatable bonds is 6. The van der Waals surface area contributed by atoms with Crippen molar-refractivity contribution in [2.24, 2.45) is 5.92 Å². The van der Waals surface area contributed by atoms with Crippen LogP contribution in [-0.2, 0) is 12.8 Å². The lowest BCUT2D eigenvalue weighted by molar-refractivity contribution is 0.509. The van der Waals surface area contributed by atoms with E-state index in [4.69, 9.17) is 4.98 Å². The average molecular weight is 399 g/mol. The van der Waals surface area contributed by atoms with Gasteiger partial charge in [0.2, 0.25) is 0 Å². The molecule has 5 heteroatoms. The Labute approximate surface area is 168 Å². The maximum Gasteiger partial charge on any atom is 0.267 e. The Hall–Kier alpha value is -1.59. The molecule has 0 N–H and O–H groups in total. The zero-order chi connectivity index (χ0) is 18.8. The monoisotopic (exact) mass is 398 g/mol. The fourth-order valence-electron chi connectivity index (χ4n) is 3.79. The summed E-state index contributed by atoms with van der Waals surface area (Å²) in [6.45, 7) is 4.52. The molecule has 0 saturated carbocycles. The molecule has 0 radical (unpaired) electrons. The van der Waals surface area contributed by atoms with Gasteiger partial charge in [-0.25, -0.2) is 4.98 Å². The molecule has 1 unspecified atom stereocenters. The maximum atomic E-state index is 13.6. The summed E-state index contributed by atoms with van der Waals surface area (Å²) in [5.41, 5.74) is 2.29. The zero-order valence-corrected chi connectivity index (χ0v) is 17.7. The number of benzene rings is 1. The minimum atomic E-state index is 0.108. The van der Waals surface area contributed by atoms with E-state index in [9.17, 15) is 4.79 Å². The molecule has 27 heavy (non-hydrogen) atoms. The quantitative estimate of drug-likeness (QED) is 0.297. The SMILES string of the molecule is CCCCCSc1nc2sc3c(c2c(=O)n1-c1ccccc1)CCC(C)C3. The molecule has 4 rings (SSSR count). The largest absolute Gasteiger partial charge is 0.268 e. The molecule has 0 fully saturated rings. The first-order valence-electron chi connectivity index (χ1n) is 9.94. The van der Waals surface area contributed by atoms with Crippen molar-refractivity contribution < 1.29 is 0 Å². The van der Waals surface area contributed by atoms with Gasteiger partial charge in [0.1, 0.15) is 4.83 Å². The Bertz CT molecular complexity index is 991. The smallest absolute Gasteiger partial charge is 0.267 e. The van der Waals surface area contributed by atoms with Crippen molar-refractivity contribution in [1.82, 2.24) is 9.55 Å². The van der Waals surface area contributed by atoms with Crippen LogP contribution in [0.1, 0.15) is 50.0 Å². The van der Waals surface area contributed by atoms with E-state index >= 15 is 0 Å². The van der Waals surface area contributed by atoms with Gasteiger partial charge >= 0.3 is 0 Å². The molecular formula is C22H26N2OS2. The topological polar surface area (TPSA) is 34.9 Å². The summed E-state index contributed by atoms with van der Waals surface area (Å²) in [4.78, 5) is 20.9. The van der Waals surface area contributed by atoms with Crippen LogP contribution in [0.15, 0.2) is 40.3 Å². The van der Waals surface area contributed by atoms with Crippen LogP contribution < -0.4 is 5.56 Å². The first-order valence-corrected chi connectivity index (χ1v) is 11.7. The highest BCUT2D eigenvalue weighted by molar-refractivity contribution is 7.99. The van der Waals surface area contributed by atoms with Crippen molar-refractivity contribution in [3.63, 3.8) is 0 Å². The van der Waals surface area contributed by atoms with Crippen LogP contribution in [0.4, 0.5) is 0 Å². The minimum Gasteiger partial charge on any atom is -0.268 e. The number of aromatic nitrogens is 2. The van der Waals surface area contributed by atoms with E-state index in [-0.39, 0.29) is 5.56 Å². The highest BCUT2D eigenvalue weighted by Gasteiger charge is 2.25. The van der Waals surface area contributed by atoms with E-state index in [1.165, 1.54) is 23.3 Å². The van der Waals surface area contributed by atoms with Gasteiger partial charge in [-0.15, -0.1) is 11.3 Å². The molecular weight excluding hydrogens is 372 g/mol. The van der Waals surface area contributed by atoms with E-state index in [1.807, 2.05) is 34.9 Å². The van der Waals surface area contributed by atoms with Crippen molar-refractivity contribution in [2.45, 2.75) is 57.5 Å². The van der Waals surface area contributed by atoms with Crippen LogP contribution in [0.5, 0.6) is 0 Å². The van der Waals surface area contributed by atoms with Crippen LogP contribution in [0.25, 0.3) is 15.9 Å². The lowest BCUT2D eigenvalue weighted by Gasteiger charge is -2.17. The Morgan fingerprint density at radius 2 is 2.07 bits per heavy atom. The highest BCUT2D eigenvalue weighted by atomic mass is 32.2. The second-order valence-electron chi connectivity index (χ2n) is 7.46. The van der Waals surface area contributed by atoms with Gasteiger partial charge in [-0.3, -0.25) is 9.36 Å². The van der Waals surface area contributed by atoms with E-state index in [1.54, 1.807) is 23.1 Å². The van der Waals surface area contributed by atoms with E-state index in [0.717, 1.165) is 52.5 Å². The number of para-hydroxylation sites is 1. The number of nitrogens with zero attached hydrogens (tertiary/aromatic N) is 2. The summed E-state index contributed by atoms with van der Waals surface area (Å²) in [6, 6.07) is 9.98. The summed E-state index contributed by atoms with van der Waals surface area (Å²) in [5, 5.41) is 1.70. The van der Waals surface area contributed by atoms with Crippen molar-refractivity contribution in [3.8, 4) is 5.69 Å². The Balaban J connectivity index is 1.85. The fourth-order valence-corrected chi connectivity index (χ4v) is 6.22. The molecule has 2 heterocycles. The molecule has 3 aromatic rings. The summed E-state index contributed by atoms with van der Waals surface area (Å²) in [5.74, 6) is 1.70. The third kappa shape index (κ3) is 3.72. The van der Waals surface area contributed by atoms with Gasteiger partial charge in [0.05, 0.1) is 11.1 Å². The molecule has 2 aromatic heterocycles. The van der Waals surface area contributed by atoms with Gasteiger partial charge in [0.25, 0.3) is 5.56 Å². The predicted octanol–water partition coefficient (Wildman–Crippen LogP) is 5.85. The number of unbranched alkanes of at least 4 members (excludes halogenated alkanes) is 2. The molecule has 1 aromatic carbocycles. The van der Waals surface area contributed by atoms with Crippen LogP contribution in [0.2, 0.25) is 0 Å². The van der Waals surface area contributed by atoms with Crippen molar-refractivity contribution >= 4 is 33.3 Å². The second-order valence-corrected chi connectivity index (χ2v) is 9.60. The summed E-state index contributed by atoms with van der Waals surface area (Å²) < 4.78 is 1.84. The van der Waals surface area contributed by atoms with Crippen molar-refractivity contribution in [3.05, 3.63) is 51.1 Å². The molecule has 0 aliphatic heterocycles. The Morgan fingerprint density at radius 1 is 1.26 bits per heavy atom. The summed E-state index contributed by atoms with van der Waals surface area (Å²) >= 11 is 3.46. The number of hydrogen-bond donors (Lipinski definition) is 0. The van der Waals surface area contributed by atoms with Gasteiger partial charge in [0.15, 0.2) is 5.16 Å². The average Bonchev–Trinajstić information content (AvgIpc) is 3.03. The molecule has 0 bridgehead atoms. The first kappa shape index (κ1) is 18.8. The van der Waals surface area contributed by atoms with E-state index in [2.05, 4.69) is 13.8 Å². The number of thioether (sulfide) groups is 1. The lowest BCUT2D eigenvalue weighted by atomic mass is 9.89. The van der Waals surface area contributed by atoms with Gasteiger partial charge in [-0.05, 0) is 49.3 Å². The van der Waals surface area contributed by atoms with Crippen molar-refractivity contribution in [2.75, 3.05) is 5.75 Å². The molecule has 1 aliphatic carbocycles. The van der Waals surface area contributed by atoms with Crippen LogP contribution in [-0.4, -0.2) is 15.3 Å². The number of thiophene rings is 1. The van der Waals surface area contributed by atoms with E-state index in [0.29, 0.717) is 5.92 Å². The predicted molar refractivity (Wildman–Crippen MR) is 117 cm³/mol. The summed E-state index contributed by atoms with van der Waals surface area (Å²) in [7, 11) is 0. The Kier molecular flexibility index (Phi) is 5.69. The molecule has 3 nitrogen and oxygen atoms in total. The standard InChI is InChI=1S/C22H26N2OS2/c1-3-4-8-13-26-22-23-20-19(17-12-11-15(2)14-18(17)27-20)21(25)24(22)16-9-6-5-7-10-16/h5-7,9-10,15H,3-4,8,11-14H2,1-2H3. The molecule has 0 saturated heterocycles. The van der Waals surface area contributed by atoms with Gasteiger partial charge < -0.3 is 0 Å². The molecule has 0 spiro atoms. The summed E-state index contributed by atoms with van der Waals surface area (Å²) in [6.07, 6.45) is 6.83. The number of hydrogen-bond acceptors (Lipinski definition) is 4. The minimum absolute atomic E-state index is 0.108. The third-order valence-corrected chi connectivity index (χ3v) is 7.47. The lowest BCUT2D eigenvalue weighted by Crippen LogP contribution is -2.22. The Morgan fingerprint density at radius 3 is 2.85 bits per heavy atom. The van der Waals surface area contributed by atoms with Crippen LogP contribution in [0, 0.1) is 5.92 Å². The number of aryl methyl sites for hydroxylation is 1. The zero-order valence-electron chi connectivity index (χ0n) is 16.0. The third-order valence-electron chi connectivity index (χ3n) is 5.29. The number of fused-ring (bicyclic) bond motifs is 3. The van der Waals surface area contributed by atoms with E-state index < -0.39 is 0 Å². The maximum absolute atomic E-state index is 13.6. The highest BCUT2D eigenvalue weighted by Crippen LogP contribution is 2.37.